The van der Waals surface area contributed by atoms with Crippen LogP contribution in [0.15, 0.2) is 53.4 Å². The third-order valence-corrected chi connectivity index (χ3v) is 7.97. The van der Waals surface area contributed by atoms with Gasteiger partial charge < -0.3 is 11.1 Å². The predicted octanol–water partition coefficient (Wildman–Crippen LogP) is 1.11. The fourth-order valence-electron chi connectivity index (χ4n) is 4.35. The minimum Gasteiger partial charge on any atom is -0.369 e. The van der Waals surface area contributed by atoms with Crippen molar-refractivity contribution in [1.82, 2.24) is 14.5 Å². The number of sulfonamides is 1. The first-order valence-corrected chi connectivity index (χ1v) is 12.3. The second kappa shape index (κ2) is 9.40. The van der Waals surface area contributed by atoms with Gasteiger partial charge in [0.25, 0.3) is 5.91 Å². The molecular weight excluding hydrogens is 428 g/mol. The first kappa shape index (κ1) is 22.4. The largest absolute Gasteiger partial charge is 0.369 e. The summed E-state index contributed by atoms with van der Waals surface area (Å²) >= 11 is 0. The minimum atomic E-state index is -3.71. The Morgan fingerprint density at radius 2 is 1.72 bits per heavy atom. The second-order valence-corrected chi connectivity index (χ2v) is 10.3. The standard InChI is InChI=1S/C23H28N4O4S/c24-22(28)16-26-11-9-20(10-12-26)25-23(29)18-6-3-7-21(14-18)32(30,31)27-13-8-17-4-1-2-5-19(17)15-27/h1-7,14,20H,8-13,15-16H2,(H2,24,28)(H,25,29). The molecule has 0 unspecified atom stereocenters. The van der Waals surface area contributed by atoms with E-state index in [0.29, 0.717) is 51.0 Å². The lowest BCUT2D eigenvalue weighted by Gasteiger charge is -2.31. The molecule has 2 aliphatic heterocycles. The predicted molar refractivity (Wildman–Crippen MR) is 120 cm³/mol. The van der Waals surface area contributed by atoms with Crippen LogP contribution in [0, 0.1) is 0 Å². The highest BCUT2D eigenvalue weighted by molar-refractivity contribution is 7.89. The first-order chi connectivity index (χ1) is 15.3. The van der Waals surface area contributed by atoms with Gasteiger partial charge in [0.05, 0.1) is 11.4 Å². The number of nitrogens with two attached hydrogens (primary N) is 1. The van der Waals surface area contributed by atoms with E-state index in [1.807, 2.05) is 29.2 Å². The molecule has 4 rings (SSSR count). The molecule has 2 aromatic rings. The highest BCUT2D eigenvalue weighted by Crippen LogP contribution is 2.25. The first-order valence-electron chi connectivity index (χ1n) is 10.8. The van der Waals surface area contributed by atoms with Crippen molar-refractivity contribution in [2.24, 2.45) is 5.73 Å². The molecule has 0 bridgehead atoms. The number of primary amides is 1. The van der Waals surface area contributed by atoms with E-state index >= 15 is 0 Å². The number of carbonyl (C=O) groups is 2. The fraction of sp³-hybridized carbons (Fsp3) is 0.391. The van der Waals surface area contributed by atoms with Gasteiger partial charge in [-0.25, -0.2) is 8.42 Å². The van der Waals surface area contributed by atoms with Gasteiger partial charge in [-0.05, 0) is 48.6 Å². The summed E-state index contributed by atoms with van der Waals surface area (Å²) in [6.45, 7) is 2.33. The Morgan fingerprint density at radius 1 is 1.00 bits per heavy atom. The van der Waals surface area contributed by atoms with Gasteiger partial charge in [0.1, 0.15) is 0 Å². The molecule has 2 amide bonds. The molecule has 0 atom stereocenters. The van der Waals surface area contributed by atoms with Crippen molar-refractivity contribution in [2.45, 2.75) is 36.7 Å². The van der Waals surface area contributed by atoms with E-state index in [0.717, 1.165) is 5.56 Å². The number of amides is 2. The maximum atomic E-state index is 13.2. The van der Waals surface area contributed by atoms with Crippen LogP contribution in [0.25, 0.3) is 0 Å². The SMILES string of the molecule is NC(=O)CN1CCC(NC(=O)c2cccc(S(=O)(=O)N3CCc4ccccc4C3)c2)CC1. The van der Waals surface area contributed by atoms with E-state index < -0.39 is 10.0 Å². The number of nitrogens with zero attached hydrogens (tertiary/aromatic N) is 2. The quantitative estimate of drug-likeness (QED) is 0.676. The van der Waals surface area contributed by atoms with Gasteiger partial charge in [-0.1, -0.05) is 30.3 Å². The molecule has 9 heteroatoms. The average Bonchev–Trinajstić information content (AvgIpc) is 2.79. The highest BCUT2D eigenvalue weighted by Gasteiger charge is 2.29. The van der Waals surface area contributed by atoms with Gasteiger partial charge in [-0.15, -0.1) is 0 Å². The number of likely N-dealkylation sites (tertiary alicyclic amines) is 1. The Kier molecular flexibility index (Phi) is 6.59. The van der Waals surface area contributed by atoms with Crippen molar-refractivity contribution in [2.75, 3.05) is 26.2 Å². The zero-order chi connectivity index (χ0) is 22.7. The number of carbonyl (C=O) groups excluding carboxylic acids is 2. The van der Waals surface area contributed by atoms with Crippen LogP contribution < -0.4 is 11.1 Å². The Morgan fingerprint density at radius 3 is 2.44 bits per heavy atom. The summed E-state index contributed by atoms with van der Waals surface area (Å²) in [7, 11) is -3.71. The summed E-state index contributed by atoms with van der Waals surface area (Å²) in [6.07, 6.45) is 2.10. The van der Waals surface area contributed by atoms with E-state index in [1.54, 1.807) is 12.1 Å². The van der Waals surface area contributed by atoms with Gasteiger partial charge in [-0.3, -0.25) is 14.5 Å². The van der Waals surface area contributed by atoms with Crippen molar-refractivity contribution in [1.29, 1.82) is 0 Å². The molecule has 0 aromatic heterocycles. The van der Waals surface area contributed by atoms with E-state index in [1.165, 1.54) is 22.0 Å². The molecule has 1 fully saturated rings. The fourth-order valence-corrected chi connectivity index (χ4v) is 5.81. The lowest BCUT2D eigenvalue weighted by Crippen LogP contribution is -2.46. The molecule has 170 valence electrons. The Hall–Kier alpha value is -2.75. The van der Waals surface area contributed by atoms with E-state index in [9.17, 15) is 18.0 Å². The smallest absolute Gasteiger partial charge is 0.251 e. The molecule has 3 N–H and O–H groups in total. The molecule has 0 radical (unpaired) electrons. The highest BCUT2D eigenvalue weighted by atomic mass is 32.2. The topological polar surface area (TPSA) is 113 Å². The summed E-state index contributed by atoms with van der Waals surface area (Å²) in [5.41, 5.74) is 7.75. The van der Waals surface area contributed by atoms with Crippen molar-refractivity contribution in [3.05, 3.63) is 65.2 Å². The molecule has 0 saturated carbocycles. The zero-order valence-electron chi connectivity index (χ0n) is 17.9. The number of piperidine rings is 1. The van der Waals surface area contributed by atoms with Crippen LogP contribution in [-0.2, 0) is 27.8 Å². The van der Waals surface area contributed by atoms with Crippen molar-refractivity contribution in [3.8, 4) is 0 Å². The lowest BCUT2D eigenvalue weighted by molar-refractivity contribution is -0.119. The van der Waals surface area contributed by atoms with Crippen LogP contribution in [0.4, 0.5) is 0 Å². The maximum Gasteiger partial charge on any atom is 0.251 e. The Bertz CT molecular complexity index is 1110. The maximum absolute atomic E-state index is 13.2. The number of hydrogen-bond donors (Lipinski definition) is 2. The van der Waals surface area contributed by atoms with Gasteiger partial charge in [0, 0.05) is 37.8 Å². The van der Waals surface area contributed by atoms with Crippen molar-refractivity contribution >= 4 is 21.8 Å². The summed E-state index contributed by atoms with van der Waals surface area (Å²) < 4.78 is 27.9. The van der Waals surface area contributed by atoms with Crippen LogP contribution >= 0.6 is 0 Å². The zero-order valence-corrected chi connectivity index (χ0v) is 18.7. The van der Waals surface area contributed by atoms with E-state index in [2.05, 4.69) is 5.32 Å². The molecule has 0 spiro atoms. The summed E-state index contributed by atoms with van der Waals surface area (Å²) in [5, 5.41) is 2.99. The third-order valence-electron chi connectivity index (χ3n) is 6.13. The third kappa shape index (κ3) is 5.01. The monoisotopic (exact) mass is 456 g/mol. The number of nitrogens with one attached hydrogen (secondary N) is 1. The lowest BCUT2D eigenvalue weighted by atomic mass is 10.0. The number of benzene rings is 2. The minimum absolute atomic E-state index is 0.0227. The molecule has 32 heavy (non-hydrogen) atoms. The summed E-state index contributed by atoms with van der Waals surface area (Å²) in [5.74, 6) is -0.651. The molecule has 8 nitrogen and oxygen atoms in total. The van der Waals surface area contributed by atoms with E-state index in [4.69, 9.17) is 5.73 Å². The molecule has 0 aliphatic carbocycles. The van der Waals surface area contributed by atoms with Crippen LogP contribution in [0.5, 0.6) is 0 Å². The molecule has 1 saturated heterocycles. The molecular formula is C23H28N4O4S. The van der Waals surface area contributed by atoms with Gasteiger partial charge in [0.15, 0.2) is 0 Å². The summed E-state index contributed by atoms with van der Waals surface area (Å²) in [6, 6.07) is 14.1. The van der Waals surface area contributed by atoms with Gasteiger partial charge in [-0.2, -0.15) is 4.31 Å². The Labute approximate surface area is 188 Å². The van der Waals surface area contributed by atoms with Gasteiger partial charge >= 0.3 is 0 Å². The molecule has 2 heterocycles. The number of rotatable bonds is 6. The molecule has 2 aromatic carbocycles. The van der Waals surface area contributed by atoms with Crippen LogP contribution in [0.2, 0.25) is 0 Å². The Balaban J connectivity index is 1.42. The normalized spacial score (nSPS) is 18.1. The van der Waals surface area contributed by atoms with Crippen LogP contribution in [-0.4, -0.2) is 61.7 Å². The van der Waals surface area contributed by atoms with Crippen LogP contribution in [0.3, 0.4) is 0 Å². The van der Waals surface area contributed by atoms with Crippen LogP contribution in [0.1, 0.15) is 34.3 Å². The second-order valence-electron chi connectivity index (χ2n) is 8.38. The average molecular weight is 457 g/mol. The van der Waals surface area contributed by atoms with E-state index in [-0.39, 0.29) is 29.3 Å². The van der Waals surface area contributed by atoms with Gasteiger partial charge in [0.2, 0.25) is 15.9 Å². The number of hydrogen-bond acceptors (Lipinski definition) is 5. The summed E-state index contributed by atoms with van der Waals surface area (Å²) in [4.78, 5) is 25.9. The van der Waals surface area contributed by atoms with Crippen molar-refractivity contribution in [3.63, 3.8) is 0 Å². The molecule has 2 aliphatic rings. The van der Waals surface area contributed by atoms with Crippen molar-refractivity contribution < 1.29 is 18.0 Å². The number of fused-ring (bicyclic) bond motifs is 1.